The molecule has 3 aromatic carbocycles. The van der Waals surface area contributed by atoms with Crippen molar-refractivity contribution < 1.29 is 52.3 Å². The third kappa shape index (κ3) is 14.5. The smallest absolute Gasteiger partial charge is 0.329 e. The number of ether oxygens (including phenoxy) is 8. The summed E-state index contributed by atoms with van der Waals surface area (Å²) in [7, 11) is 7.81. The molecule has 0 radical (unpaired) electrons. The first-order valence-electron chi connectivity index (χ1n) is 24.2. The second-order valence-corrected chi connectivity index (χ2v) is 18.1. The number of allylic oxidation sites excluding steroid dienone is 2. The van der Waals surface area contributed by atoms with E-state index in [0.717, 1.165) is 44.1 Å². The van der Waals surface area contributed by atoms with E-state index in [2.05, 4.69) is 31.3 Å². The van der Waals surface area contributed by atoms with Crippen LogP contribution in [0, 0.1) is 11.8 Å². The van der Waals surface area contributed by atoms with Gasteiger partial charge in [-0.1, -0.05) is 43.7 Å². The molecule has 1 heterocycles. The van der Waals surface area contributed by atoms with Crippen LogP contribution in [0.4, 0.5) is 0 Å². The van der Waals surface area contributed by atoms with Crippen LogP contribution in [0.1, 0.15) is 127 Å². The van der Waals surface area contributed by atoms with Crippen molar-refractivity contribution >= 4 is 17.8 Å². The van der Waals surface area contributed by atoms with E-state index in [1.165, 1.54) is 20.0 Å². The number of methoxy groups -OCH3 is 5. The first-order valence-corrected chi connectivity index (χ1v) is 24.2. The number of carbonyl (C=O) groups is 3. The maximum absolute atomic E-state index is 14.6. The Morgan fingerprint density at radius 1 is 0.776 bits per heavy atom. The maximum Gasteiger partial charge on any atom is 0.329 e. The highest BCUT2D eigenvalue weighted by molar-refractivity contribution is 5.89. The van der Waals surface area contributed by atoms with Gasteiger partial charge in [0.05, 0.1) is 47.1 Å². The standard InChI is InChI=1S/C54H76N2O11/c1-10-43(40-33-48(62-7)51(64-9)49(34-40)63-8)52(58)56-29-18-17-24-44(56)53(59)67-45(27-25-38-26-28-46(60-5)47(31-38)61-6)39-22-19-23-42(32-39)65-36-50(57)55-35-41(54(3,4)66-11-2)30-37-20-15-13-12-14-16-21-37/h12-13,19,22-23,26,28,31-34,37,41,43-45H,10-11,14-18,20-21,24-25,27,29-30,35-36H2,1-9H3,(H,55,57)/b13-12+/t37?,41?,43-,44-,45+/m0/s1. The van der Waals surface area contributed by atoms with Gasteiger partial charge in [-0.15, -0.1) is 0 Å². The topological polar surface area (TPSA) is 140 Å². The predicted molar refractivity (Wildman–Crippen MR) is 260 cm³/mol. The van der Waals surface area contributed by atoms with Gasteiger partial charge >= 0.3 is 5.97 Å². The Balaban J connectivity index is 1.34. The highest BCUT2D eigenvalue weighted by atomic mass is 16.5. The fourth-order valence-electron chi connectivity index (χ4n) is 9.56. The van der Waals surface area contributed by atoms with Gasteiger partial charge in [0.25, 0.3) is 5.91 Å². The quantitative estimate of drug-likeness (QED) is 0.0678. The van der Waals surface area contributed by atoms with Gasteiger partial charge in [0.15, 0.2) is 29.6 Å². The third-order valence-electron chi connectivity index (χ3n) is 13.4. The summed E-state index contributed by atoms with van der Waals surface area (Å²) in [5, 5.41) is 3.15. The number of benzene rings is 3. The van der Waals surface area contributed by atoms with Crippen molar-refractivity contribution in [1.82, 2.24) is 10.2 Å². The van der Waals surface area contributed by atoms with Crippen LogP contribution < -0.4 is 33.7 Å². The van der Waals surface area contributed by atoms with Gasteiger partial charge in [0.2, 0.25) is 11.7 Å². The first-order chi connectivity index (χ1) is 32.4. The zero-order valence-electron chi connectivity index (χ0n) is 41.5. The third-order valence-corrected chi connectivity index (χ3v) is 13.4. The fourth-order valence-corrected chi connectivity index (χ4v) is 9.56. The van der Waals surface area contributed by atoms with Crippen LogP contribution in [-0.2, 0) is 30.3 Å². The van der Waals surface area contributed by atoms with Gasteiger partial charge in [0, 0.05) is 25.6 Å². The molecule has 1 fully saturated rings. The average Bonchev–Trinajstić information content (AvgIpc) is 3.33. The zero-order chi connectivity index (χ0) is 48.3. The molecule has 368 valence electrons. The molecule has 0 bridgehead atoms. The number of carbonyl (C=O) groups excluding carboxylic acids is 3. The van der Waals surface area contributed by atoms with E-state index in [9.17, 15) is 14.4 Å². The molecule has 0 aromatic heterocycles. The molecule has 67 heavy (non-hydrogen) atoms. The zero-order valence-corrected chi connectivity index (χ0v) is 41.5. The van der Waals surface area contributed by atoms with Crippen molar-refractivity contribution in [2.24, 2.45) is 11.8 Å². The van der Waals surface area contributed by atoms with E-state index < -0.39 is 29.6 Å². The van der Waals surface area contributed by atoms with Gasteiger partial charge in [-0.3, -0.25) is 9.59 Å². The maximum atomic E-state index is 14.6. The molecular weight excluding hydrogens is 853 g/mol. The van der Waals surface area contributed by atoms with Crippen molar-refractivity contribution in [3.63, 3.8) is 0 Å². The minimum atomic E-state index is -0.788. The molecule has 0 spiro atoms. The minimum absolute atomic E-state index is 0.131. The summed E-state index contributed by atoms with van der Waals surface area (Å²) in [5.74, 6) is 2.29. The van der Waals surface area contributed by atoms with Crippen LogP contribution in [-0.4, -0.2) is 96.2 Å². The van der Waals surface area contributed by atoms with Crippen LogP contribution in [0.15, 0.2) is 66.7 Å². The lowest BCUT2D eigenvalue weighted by Gasteiger charge is -2.37. The van der Waals surface area contributed by atoms with E-state index >= 15 is 0 Å². The average molecular weight is 929 g/mol. The van der Waals surface area contributed by atoms with Crippen LogP contribution in [0.2, 0.25) is 0 Å². The molecule has 2 unspecified atom stereocenters. The lowest BCUT2D eigenvalue weighted by molar-refractivity contribution is -0.162. The Morgan fingerprint density at radius 2 is 1.51 bits per heavy atom. The Kier molecular flexibility index (Phi) is 20.5. The van der Waals surface area contributed by atoms with Crippen LogP contribution in [0.5, 0.6) is 34.5 Å². The number of rotatable bonds is 24. The fraction of sp³-hybridized carbons (Fsp3) is 0.574. The number of likely N-dealkylation sites (tertiary alicyclic amines) is 1. The molecule has 13 heteroatoms. The van der Waals surface area contributed by atoms with Crippen LogP contribution >= 0.6 is 0 Å². The Morgan fingerprint density at radius 3 is 2.19 bits per heavy atom. The van der Waals surface area contributed by atoms with E-state index in [-0.39, 0.29) is 24.3 Å². The first kappa shape index (κ1) is 52.5. The summed E-state index contributed by atoms with van der Waals surface area (Å²) in [6, 6.07) is 15.9. The molecular formula is C54H76N2O11. The molecule has 5 atom stereocenters. The molecule has 0 saturated carbocycles. The summed E-state index contributed by atoms with van der Waals surface area (Å²) in [6.45, 7) is 9.52. The Labute approximate surface area is 399 Å². The van der Waals surface area contributed by atoms with Gasteiger partial charge < -0.3 is 48.1 Å². The molecule has 2 amide bonds. The van der Waals surface area contributed by atoms with Crippen molar-refractivity contribution in [3.8, 4) is 34.5 Å². The summed E-state index contributed by atoms with van der Waals surface area (Å²) < 4.78 is 46.6. The summed E-state index contributed by atoms with van der Waals surface area (Å²) in [4.78, 5) is 44.2. The van der Waals surface area contributed by atoms with Crippen molar-refractivity contribution in [1.29, 1.82) is 0 Å². The van der Waals surface area contributed by atoms with Gasteiger partial charge in [0.1, 0.15) is 17.9 Å². The number of esters is 1. The lowest BCUT2D eigenvalue weighted by atomic mass is 9.79. The Bertz CT molecular complexity index is 2060. The van der Waals surface area contributed by atoms with E-state index in [0.29, 0.717) is 96.9 Å². The molecule has 3 aromatic rings. The van der Waals surface area contributed by atoms with Gasteiger partial charge in [-0.05, 0) is 150 Å². The molecule has 1 N–H and O–H groups in total. The number of nitrogens with one attached hydrogen (secondary N) is 1. The molecule has 13 nitrogen and oxygen atoms in total. The van der Waals surface area contributed by atoms with Crippen molar-refractivity contribution in [2.45, 2.75) is 128 Å². The molecule has 1 aliphatic carbocycles. The summed E-state index contributed by atoms with van der Waals surface area (Å²) >= 11 is 0. The van der Waals surface area contributed by atoms with E-state index in [1.807, 2.05) is 50.2 Å². The largest absolute Gasteiger partial charge is 0.493 e. The number of amides is 2. The Hall–Kier alpha value is -5.43. The highest BCUT2D eigenvalue weighted by Gasteiger charge is 2.38. The normalized spacial score (nSPS) is 18.3. The predicted octanol–water partition coefficient (Wildman–Crippen LogP) is 9.97. The second-order valence-electron chi connectivity index (χ2n) is 18.1. The van der Waals surface area contributed by atoms with E-state index in [1.54, 1.807) is 51.5 Å². The molecule has 1 saturated heterocycles. The van der Waals surface area contributed by atoms with Crippen molar-refractivity contribution in [2.75, 3.05) is 61.9 Å². The van der Waals surface area contributed by atoms with Crippen molar-refractivity contribution in [3.05, 3.63) is 83.4 Å². The second kappa shape index (κ2) is 26.2. The number of hydrogen-bond acceptors (Lipinski definition) is 11. The SMILES string of the molecule is CCOC(C)(C)C(CNC(=O)COc1cccc([C@@H](CCc2ccc(OC)c(OC)c2)OC(=O)[C@@H]2CCCCN2C(=O)[C@@H](CC)c2cc(OC)c(OC)c(OC)c2)c1)CC1CC/C=C/CCC1. The number of hydrogen-bond donors (Lipinski definition) is 1. The van der Waals surface area contributed by atoms with Crippen LogP contribution in [0.25, 0.3) is 0 Å². The van der Waals surface area contributed by atoms with Crippen LogP contribution in [0.3, 0.4) is 0 Å². The monoisotopic (exact) mass is 929 g/mol. The number of piperidine rings is 1. The number of aryl methyl sites for hydroxylation is 1. The van der Waals surface area contributed by atoms with E-state index in [4.69, 9.17) is 37.9 Å². The lowest BCUT2D eigenvalue weighted by Crippen LogP contribution is -2.50. The molecule has 2 aliphatic rings. The minimum Gasteiger partial charge on any atom is -0.493 e. The van der Waals surface area contributed by atoms with Gasteiger partial charge in [-0.2, -0.15) is 0 Å². The highest BCUT2D eigenvalue weighted by Crippen LogP contribution is 2.42. The summed E-state index contributed by atoms with van der Waals surface area (Å²) in [5.41, 5.74) is 1.97. The molecule has 5 rings (SSSR count). The molecule has 1 aliphatic heterocycles. The number of nitrogens with zero attached hydrogens (tertiary/aromatic N) is 1. The summed E-state index contributed by atoms with van der Waals surface area (Å²) in [6.07, 6.45) is 14.0. The van der Waals surface area contributed by atoms with Gasteiger partial charge in [-0.25, -0.2) is 4.79 Å².